The first-order valence-corrected chi connectivity index (χ1v) is 12.8. The molecule has 210 valence electrons. The lowest BCUT2D eigenvalue weighted by molar-refractivity contribution is -0.274. The lowest BCUT2D eigenvalue weighted by Crippen LogP contribution is -2.20. The van der Waals surface area contributed by atoms with Crippen molar-refractivity contribution < 1.29 is 31.9 Å². The normalized spacial score (nSPS) is 17.5. The van der Waals surface area contributed by atoms with Gasteiger partial charge in [0.2, 0.25) is 5.78 Å². The summed E-state index contributed by atoms with van der Waals surface area (Å²) in [5.74, 6) is 5.17. The summed E-state index contributed by atoms with van der Waals surface area (Å²) >= 11 is 6.70. The van der Waals surface area contributed by atoms with E-state index in [-0.39, 0.29) is 34.8 Å². The van der Waals surface area contributed by atoms with Crippen LogP contribution in [0.15, 0.2) is 43.0 Å². The van der Waals surface area contributed by atoms with Crippen molar-refractivity contribution in [3.05, 3.63) is 64.8 Å². The highest BCUT2D eigenvalue weighted by atomic mass is 35.5. The Kier molecular flexibility index (Phi) is 9.63. The van der Waals surface area contributed by atoms with Gasteiger partial charge in [0.1, 0.15) is 35.8 Å². The van der Waals surface area contributed by atoms with E-state index < -0.39 is 17.9 Å². The third kappa shape index (κ3) is 8.52. The van der Waals surface area contributed by atoms with Gasteiger partial charge < -0.3 is 10.1 Å². The van der Waals surface area contributed by atoms with Crippen LogP contribution in [0.2, 0.25) is 5.02 Å². The summed E-state index contributed by atoms with van der Waals surface area (Å²) in [5.41, 5.74) is 0.830. The first-order chi connectivity index (χ1) is 18.6. The van der Waals surface area contributed by atoms with Crippen LogP contribution in [0, 0.1) is 5.92 Å². The van der Waals surface area contributed by atoms with Gasteiger partial charge in [0.25, 0.3) is 0 Å². The highest BCUT2D eigenvalue weighted by molar-refractivity contribution is 7.92. The summed E-state index contributed by atoms with van der Waals surface area (Å²) in [5, 5.41) is 7.44. The Balaban J connectivity index is 1.38. The molecule has 0 bridgehead atoms. The van der Waals surface area contributed by atoms with Crippen LogP contribution >= 0.6 is 23.8 Å². The van der Waals surface area contributed by atoms with E-state index in [1.165, 1.54) is 39.8 Å². The molecule has 1 aliphatic carbocycles. The average molecular weight is 588 g/mol. The van der Waals surface area contributed by atoms with Gasteiger partial charge in [0.15, 0.2) is 0 Å². The molecule has 1 saturated carbocycles. The molecule has 0 aliphatic heterocycles. The van der Waals surface area contributed by atoms with Crippen molar-refractivity contribution in [3.8, 4) is 5.75 Å². The standard InChI is InChI=1S/C23H25ClF3N7O4S/c1-33(28)39-38-36-12-15-2-4-16(8-15)31-22-17(10-29-13-30-22)21(35)19-6-7-34(32-19)11-14-3-5-18(24)20(9-14)37-23(25,26)27/h3,5-7,9-10,13,15-16H,2,4,8,11-12,28H2,1H3,(H,29,30,31). The van der Waals surface area contributed by atoms with Gasteiger partial charge in [-0.3, -0.25) is 15.3 Å². The number of carbonyl (C=O) groups is 1. The molecular formula is C23H25ClF3N7O4S. The highest BCUT2D eigenvalue weighted by Gasteiger charge is 2.32. The number of nitrogens with two attached hydrogens (primary N) is 1. The summed E-state index contributed by atoms with van der Waals surface area (Å²) < 4.78 is 49.5. The number of aromatic nitrogens is 4. The number of halogens is 4. The number of alkyl halides is 3. The van der Waals surface area contributed by atoms with Gasteiger partial charge in [-0.25, -0.2) is 14.9 Å². The van der Waals surface area contributed by atoms with Crippen molar-refractivity contribution in [1.29, 1.82) is 0 Å². The monoisotopic (exact) mass is 587 g/mol. The van der Waals surface area contributed by atoms with Gasteiger partial charge in [-0.1, -0.05) is 17.7 Å². The highest BCUT2D eigenvalue weighted by Crippen LogP contribution is 2.32. The van der Waals surface area contributed by atoms with Gasteiger partial charge in [0.05, 0.1) is 23.7 Å². The second-order valence-electron chi connectivity index (χ2n) is 8.82. The summed E-state index contributed by atoms with van der Waals surface area (Å²) in [6.07, 6.45) is 1.99. The number of nitrogens with one attached hydrogen (secondary N) is 1. The molecule has 16 heteroatoms. The van der Waals surface area contributed by atoms with Crippen LogP contribution in [-0.4, -0.2) is 56.0 Å². The number of ether oxygens (including phenoxy) is 1. The molecule has 2 heterocycles. The fourth-order valence-corrected chi connectivity index (χ4v) is 4.45. The maximum Gasteiger partial charge on any atom is 0.573 e. The molecule has 2 aromatic heterocycles. The van der Waals surface area contributed by atoms with Crippen LogP contribution in [0.1, 0.15) is 40.9 Å². The van der Waals surface area contributed by atoms with Crippen LogP contribution in [-0.2, 0) is 15.8 Å². The van der Waals surface area contributed by atoms with Crippen LogP contribution < -0.4 is 15.9 Å². The number of rotatable bonds is 12. The first kappa shape index (κ1) is 29.0. The van der Waals surface area contributed by atoms with E-state index in [2.05, 4.69) is 25.1 Å². The van der Waals surface area contributed by atoms with Gasteiger partial charge in [-0.05, 0) is 48.9 Å². The maximum atomic E-state index is 13.2. The Hall–Kier alpha value is -2.95. The minimum Gasteiger partial charge on any atom is -0.404 e. The van der Waals surface area contributed by atoms with Crippen molar-refractivity contribution in [2.75, 3.05) is 19.0 Å². The lowest BCUT2D eigenvalue weighted by atomic mass is 10.1. The molecule has 2 unspecified atom stereocenters. The molecule has 11 nitrogen and oxygen atoms in total. The minimum atomic E-state index is -4.88. The summed E-state index contributed by atoms with van der Waals surface area (Å²) in [6, 6.07) is 5.61. The zero-order valence-corrected chi connectivity index (χ0v) is 22.2. The molecular weight excluding hydrogens is 563 g/mol. The molecule has 1 aliphatic rings. The van der Waals surface area contributed by atoms with Crippen LogP contribution in [0.25, 0.3) is 0 Å². The van der Waals surface area contributed by atoms with E-state index in [1.54, 1.807) is 19.3 Å². The van der Waals surface area contributed by atoms with Gasteiger partial charge >= 0.3 is 6.36 Å². The quantitative estimate of drug-likeness (QED) is 0.0594. The van der Waals surface area contributed by atoms with Crippen LogP contribution in [0.5, 0.6) is 5.75 Å². The van der Waals surface area contributed by atoms with E-state index >= 15 is 0 Å². The van der Waals surface area contributed by atoms with Gasteiger partial charge in [0, 0.05) is 25.5 Å². The minimum absolute atomic E-state index is 0.0699. The van der Waals surface area contributed by atoms with E-state index in [4.69, 9.17) is 26.7 Å². The molecule has 0 saturated heterocycles. The van der Waals surface area contributed by atoms with E-state index in [1.807, 2.05) is 0 Å². The zero-order chi connectivity index (χ0) is 28.0. The number of nitrogens with zero attached hydrogens (tertiary/aromatic N) is 5. The van der Waals surface area contributed by atoms with E-state index in [0.717, 1.165) is 31.5 Å². The SMILES string of the molecule is CN(N)SOOCC1CCC(Nc2ncncc2C(=O)c2ccn(Cc3ccc(Cl)c(OC(F)(F)F)c3)n2)C1. The fourth-order valence-electron chi connectivity index (χ4n) is 4.10. The molecule has 1 fully saturated rings. The summed E-state index contributed by atoms with van der Waals surface area (Å²) in [7, 11) is 1.63. The second-order valence-corrected chi connectivity index (χ2v) is 10.1. The number of hydrazine groups is 1. The summed E-state index contributed by atoms with van der Waals surface area (Å²) in [6.45, 7) is 0.494. The van der Waals surface area contributed by atoms with Crippen molar-refractivity contribution in [3.63, 3.8) is 0 Å². The van der Waals surface area contributed by atoms with Crippen molar-refractivity contribution >= 4 is 35.4 Å². The Bertz CT molecular complexity index is 1280. The number of anilines is 1. The van der Waals surface area contributed by atoms with Crippen molar-refractivity contribution in [2.24, 2.45) is 11.8 Å². The predicted octanol–water partition coefficient (Wildman–Crippen LogP) is 4.40. The smallest absolute Gasteiger partial charge is 0.404 e. The number of carbonyl (C=O) groups excluding carboxylic acids is 1. The molecule has 4 rings (SSSR count). The van der Waals surface area contributed by atoms with Crippen molar-refractivity contribution in [1.82, 2.24) is 24.2 Å². The zero-order valence-electron chi connectivity index (χ0n) is 20.6. The molecule has 0 spiro atoms. The molecule has 1 aromatic carbocycles. The topological polar surface area (TPSA) is 130 Å². The molecule has 39 heavy (non-hydrogen) atoms. The Morgan fingerprint density at radius 3 is 2.92 bits per heavy atom. The van der Waals surface area contributed by atoms with Crippen LogP contribution in [0.3, 0.4) is 0 Å². The number of hydrogen-bond acceptors (Lipinski definition) is 11. The fraction of sp³-hybridized carbons (Fsp3) is 0.391. The third-order valence-corrected chi connectivity index (χ3v) is 6.48. The Morgan fingerprint density at radius 2 is 2.15 bits per heavy atom. The largest absolute Gasteiger partial charge is 0.573 e. The first-order valence-electron chi connectivity index (χ1n) is 11.7. The molecule has 0 radical (unpaired) electrons. The Labute approximate surface area is 231 Å². The number of benzene rings is 1. The molecule has 3 aromatic rings. The molecule has 3 N–H and O–H groups in total. The Morgan fingerprint density at radius 1 is 1.33 bits per heavy atom. The summed E-state index contributed by atoms with van der Waals surface area (Å²) in [4.78, 5) is 26.7. The third-order valence-electron chi connectivity index (χ3n) is 5.78. The average Bonchev–Trinajstić information content (AvgIpc) is 3.52. The second kappa shape index (κ2) is 12.9. The number of hydrogen-bond donors (Lipinski definition) is 2. The number of ketones is 1. The van der Waals surface area contributed by atoms with Crippen molar-refractivity contribution in [2.45, 2.75) is 38.2 Å². The lowest BCUT2D eigenvalue weighted by Gasteiger charge is -2.16. The van der Waals surface area contributed by atoms with Crippen LogP contribution in [0.4, 0.5) is 19.0 Å². The van der Waals surface area contributed by atoms with E-state index in [9.17, 15) is 18.0 Å². The predicted molar refractivity (Wildman–Crippen MR) is 136 cm³/mol. The molecule has 0 amide bonds. The maximum absolute atomic E-state index is 13.2. The van der Waals surface area contributed by atoms with Gasteiger partial charge in [-0.2, -0.15) is 9.51 Å². The van der Waals surface area contributed by atoms with Gasteiger partial charge in [-0.15, -0.1) is 17.5 Å². The molecule has 2 atom stereocenters. The van der Waals surface area contributed by atoms with E-state index in [0.29, 0.717) is 18.0 Å².